The van der Waals surface area contributed by atoms with Crippen LogP contribution in [0.15, 0.2) is 18.5 Å². The monoisotopic (exact) mass is 197 g/mol. The molecule has 2 rings (SSSR count). The molecule has 0 aliphatic heterocycles. The summed E-state index contributed by atoms with van der Waals surface area (Å²) in [6, 6.07) is 1.67. The number of ketones is 1. The van der Waals surface area contributed by atoms with Crippen molar-refractivity contribution in [2.45, 2.75) is 0 Å². The van der Waals surface area contributed by atoms with Crippen LogP contribution < -0.4 is 0 Å². The van der Waals surface area contributed by atoms with E-state index in [1.54, 1.807) is 12.3 Å². The highest BCUT2D eigenvalue weighted by Gasteiger charge is 2.12. The van der Waals surface area contributed by atoms with Crippen LogP contribution in [0.1, 0.15) is 15.4 Å². The topological polar surface area (TPSA) is 55.7 Å². The molecule has 0 bridgehead atoms. The highest BCUT2D eigenvalue weighted by atomic mass is 32.1. The van der Waals surface area contributed by atoms with Crippen LogP contribution in [-0.2, 0) is 0 Å². The quantitative estimate of drug-likeness (QED) is 0.679. The van der Waals surface area contributed by atoms with E-state index in [1.165, 1.54) is 17.7 Å². The molecule has 0 N–H and O–H groups in total. The van der Waals surface area contributed by atoms with Crippen molar-refractivity contribution >= 4 is 29.0 Å². The fraction of sp³-hybridized carbons (Fsp3) is 0. The minimum absolute atomic E-state index is 0.105. The van der Waals surface area contributed by atoms with E-state index in [2.05, 4.69) is 13.1 Å². The first-order valence-corrected chi connectivity index (χ1v) is 4.61. The molecule has 0 fully saturated rings. The standard InChI is InChI=1S/C6H3N3OS2/c10-6(4-3-8-12-9-4)5-1-2-7-11-5/h1-3H. The average Bonchev–Trinajstić information content (AvgIpc) is 2.77. The van der Waals surface area contributed by atoms with Gasteiger partial charge in [-0.3, -0.25) is 4.79 Å². The Balaban J connectivity index is 2.34. The largest absolute Gasteiger partial charge is 0.286 e. The Morgan fingerprint density at radius 1 is 1.42 bits per heavy atom. The fourth-order valence-corrected chi connectivity index (χ4v) is 1.68. The molecule has 0 radical (unpaired) electrons. The first-order valence-electron chi connectivity index (χ1n) is 3.11. The molecule has 12 heavy (non-hydrogen) atoms. The van der Waals surface area contributed by atoms with Crippen molar-refractivity contribution in [3.8, 4) is 0 Å². The number of carbonyl (C=O) groups is 1. The minimum atomic E-state index is -0.105. The van der Waals surface area contributed by atoms with Gasteiger partial charge in [0.25, 0.3) is 0 Å². The number of hydrogen-bond acceptors (Lipinski definition) is 6. The van der Waals surface area contributed by atoms with Crippen LogP contribution in [0.2, 0.25) is 0 Å². The molecule has 4 nitrogen and oxygen atoms in total. The maximum atomic E-state index is 11.4. The van der Waals surface area contributed by atoms with Gasteiger partial charge in [-0.05, 0) is 17.6 Å². The summed E-state index contributed by atoms with van der Waals surface area (Å²) in [5.74, 6) is -0.105. The minimum Gasteiger partial charge on any atom is -0.286 e. The second-order valence-corrected chi connectivity index (χ2v) is 3.39. The van der Waals surface area contributed by atoms with E-state index in [9.17, 15) is 4.79 Å². The summed E-state index contributed by atoms with van der Waals surface area (Å²) < 4.78 is 11.4. The van der Waals surface area contributed by atoms with Gasteiger partial charge in [0.05, 0.1) is 22.8 Å². The molecule has 2 heterocycles. The summed E-state index contributed by atoms with van der Waals surface area (Å²) in [4.78, 5) is 12.0. The smallest absolute Gasteiger partial charge is 0.225 e. The Hall–Kier alpha value is -1.14. The zero-order chi connectivity index (χ0) is 8.39. The second kappa shape index (κ2) is 3.08. The van der Waals surface area contributed by atoms with Gasteiger partial charge in [0.1, 0.15) is 5.69 Å². The Kier molecular flexibility index (Phi) is 1.92. The van der Waals surface area contributed by atoms with Crippen LogP contribution in [-0.4, -0.2) is 18.9 Å². The lowest BCUT2D eigenvalue weighted by atomic mass is 10.3. The lowest BCUT2D eigenvalue weighted by Crippen LogP contribution is -1.97. The zero-order valence-corrected chi connectivity index (χ0v) is 7.43. The van der Waals surface area contributed by atoms with Crippen LogP contribution in [0, 0.1) is 0 Å². The molecule has 0 unspecified atom stereocenters. The lowest BCUT2D eigenvalue weighted by Gasteiger charge is -1.86. The number of carbonyl (C=O) groups excluding carboxylic acids is 1. The Morgan fingerprint density at radius 3 is 2.92 bits per heavy atom. The first kappa shape index (κ1) is 7.51. The molecule has 2 aromatic heterocycles. The third-order valence-electron chi connectivity index (χ3n) is 1.26. The molecule has 0 saturated carbocycles. The molecular weight excluding hydrogens is 194 g/mol. The molecule has 60 valence electrons. The summed E-state index contributed by atoms with van der Waals surface area (Å²) in [6.45, 7) is 0. The van der Waals surface area contributed by atoms with Crippen molar-refractivity contribution in [2.75, 3.05) is 0 Å². The predicted octanol–water partition coefficient (Wildman–Crippen LogP) is 1.23. The van der Waals surface area contributed by atoms with E-state index in [0.29, 0.717) is 10.6 Å². The molecule has 0 aliphatic carbocycles. The number of rotatable bonds is 2. The zero-order valence-electron chi connectivity index (χ0n) is 5.80. The first-order chi connectivity index (χ1) is 5.88. The van der Waals surface area contributed by atoms with Crippen molar-refractivity contribution in [2.24, 2.45) is 0 Å². The van der Waals surface area contributed by atoms with Crippen molar-refractivity contribution in [1.29, 1.82) is 0 Å². The van der Waals surface area contributed by atoms with E-state index < -0.39 is 0 Å². The SMILES string of the molecule is O=C(c1cnsn1)c1ccns1. The van der Waals surface area contributed by atoms with Crippen LogP contribution in [0.3, 0.4) is 0 Å². The normalized spacial score (nSPS) is 10.0. The summed E-state index contributed by atoms with van der Waals surface area (Å²) in [5.41, 5.74) is 0.393. The van der Waals surface area contributed by atoms with E-state index >= 15 is 0 Å². The molecule has 0 amide bonds. The molecule has 0 aliphatic rings. The Labute approximate surface area is 76.4 Å². The van der Waals surface area contributed by atoms with E-state index in [-0.39, 0.29) is 5.78 Å². The van der Waals surface area contributed by atoms with Gasteiger partial charge in [-0.15, -0.1) is 0 Å². The van der Waals surface area contributed by atoms with Gasteiger partial charge >= 0.3 is 0 Å². The molecule has 0 saturated heterocycles. The van der Waals surface area contributed by atoms with Gasteiger partial charge in [-0.2, -0.15) is 8.75 Å². The van der Waals surface area contributed by atoms with Gasteiger partial charge in [0.15, 0.2) is 0 Å². The summed E-state index contributed by atoms with van der Waals surface area (Å²) in [5, 5.41) is 0. The number of nitrogens with zero attached hydrogens (tertiary/aromatic N) is 3. The van der Waals surface area contributed by atoms with E-state index in [0.717, 1.165) is 11.7 Å². The summed E-state index contributed by atoms with van der Waals surface area (Å²) in [7, 11) is 0. The maximum Gasteiger partial charge on any atom is 0.225 e. The molecule has 0 aromatic carbocycles. The van der Waals surface area contributed by atoms with E-state index in [1.807, 2.05) is 0 Å². The van der Waals surface area contributed by atoms with Gasteiger partial charge in [-0.25, -0.2) is 4.37 Å². The van der Waals surface area contributed by atoms with Crippen molar-refractivity contribution in [3.63, 3.8) is 0 Å². The van der Waals surface area contributed by atoms with Crippen molar-refractivity contribution < 1.29 is 4.79 Å². The molecule has 6 heteroatoms. The lowest BCUT2D eigenvalue weighted by molar-refractivity contribution is 0.103. The third-order valence-corrected chi connectivity index (χ3v) is 2.48. The number of hydrogen-bond donors (Lipinski definition) is 0. The van der Waals surface area contributed by atoms with E-state index in [4.69, 9.17) is 0 Å². The third kappa shape index (κ3) is 1.26. The maximum absolute atomic E-state index is 11.4. The summed E-state index contributed by atoms with van der Waals surface area (Å²) in [6.07, 6.45) is 3.06. The summed E-state index contributed by atoms with van der Waals surface area (Å²) >= 11 is 2.20. The van der Waals surface area contributed by atoms with Crippen LogP contribution >= 0.6 is 23.3 Å². The molecule has 2 aromatic rings. The van der Waals surface area contributed by atoms with Gasteiger partial charge in [0, 0.05) is 6.20 Å². The average molecular weight is 197 g/mol. The van der Waals surface area contributed by atoms with Gasteiger partial charge < -0.3 is 0 Å². The van der Waals surface area contributed by atoms with Gasteiger partial charge in [-0.1, -0.05) is 0 Å². The second-order valence-electron chi connectivity index (χ2n) is 2.00. The van der Waals surface area contributed by atoms with Crippen LogP contribution in [0.4, 0.5) is 0 Å². The van der Waals surface area contributed by atoms with Crippen molar-refractivity contribution in [3.05, 3.63) is 29.0 Å². The van der Waals surface area contributed by atoms with Crippen LogP contribution in [0.25, 0.3) is 0 Å². The molecule has 0 atom stereocenters. The molecule has 0 spiro atoms. The molecular formula is C6H3N3OS2. The Morgan fingerprint density at radius 2 is 2.33 bits per heavy atom. The Bertz CT molecular complexity index is 331. The number of aromatic nitrogens is 3. The highest BCUT2D eigenvalue weighted by Crippen LogP contribution is 2.10. The fourth-order valence-electron chi connectivity index (χ4n) is 0.724. The predicted molar refractivity (Wildman–Crippen MR) is 45.5 cm³/mol. The van der Waals surface area contributed by atoms with Crippen molar-refractivity contribution in [1.82, 2.24) is 13.1 Å². The van der Waals surface area contributed by atoms with Crippen LogP contribution in [0.5, 0.6) is 0 Å². The highest BCUT2D eigenvalue weighted by molar-refractivity contribution is 7.08. The van der Waals surface area contributed by atoms with Gasteiger partial charge in [0.2, 0.25) is 5.78 Å².